The highest BCUT2D eigenvalue weighted by molar-refractivity contribution is 7.89. The van der Waals surface area contributed by atoms with Crippen molar-refractivity contribution in [3.8, 4) is 0 Å². The van der Waals surface area contributed by atoms with Crippen molar-refractivity contribution in [2.75, 3.05) is 14.1 Å². The highest BCUT2D eigenvalue weighted by atomic mass is 32.2. The minimum Gasteiger partial charge on any atom is -0.324 e. The van der Waals surface area contributed by atoms with Gasteiger partial charge < -0.3 is 4.84 Å². The summed E-state index contributed by atoms with van der Waals surface area (Å²) in [6.45, 7) is 0. The molecule has 0 bridgehead atoms. The summed E-state index contributed by atoms with van der Waals surface area (Å²) in [5.41, 5.74) is 0.301. The molecule has 2 amide bonds. The Morgan fingerprint density at radius 2 is 1.42 bits per heavy atom. The number of benzene rings is 2. The van der Waals surface area contributed by atoms with Gasteiger partial charge in [0.05, 0.1) is 21.6 Å². The van der Waals surface area contributed by atoms with Gasteiger partial charge in [-0.25, -0.2) is 17.5 Å². The topological polar surface area (TPSA) is 101 Å². The van der Waals surface area contributed by atoms with Gasteiger partial charge in [-0.05, 0) is 36.4 Å². The van der Waals surface area contributed by atoms with Crippen LogP contribution in [0.3, 0.4) is 0 Å². The lowest BCUT2D eigenvalue weighted by Crippen LogP contribution is -2.32. The molecule has 0 saturated carbocycles. The summed E-state index contributed by atoms with van der Waals surface area (Å²) in [7, 11) is -0.856. The molecular formula is C17H14N2O6S. The van der Waals surface area contributed by atoms with Gasteiger partial charge in [-0.3, -0.25) is 9.59 Å². The average molecular weight is 374 g/mol. The number of fused-ring (bicyclic) bond motifs is 1. The summed E-state index contributed by atoms with van der Waals surface area (Å²) in [4.78, 5) is 41.5. The van der Waals surface area contributed by atoms with E-state index in [1.807, 2.05) is 0 Å². The zero-order valence-electron chi connectivity index (χ0n) is 13.9. The SMILES string of the molecule is CN(C)S(=O)(=O)c1ccc(C(=O)ON2C(=O)c3ccccc3C2=O)cc1. The minimum atomic E-state index is -3.63. The van der Waals surface area contributed by atoms with Crippen LogP contribution < -0.4 is 0 Å². The van der Waals surface area contributed by atoms with Crippen molar-refractivity contribution in [2.24, 2.45) is 0 Å². The Kier molecular flexibility index (Phi) is 4.34. The first-order valence-electron chi connectivity index (χ1n) is 7.46. The minimum absolute atomic E-state index is 0.000203. The molecule has 0 atom stereocenters. The van der Waals surface area contributed by atoms with Gasteiger partial charge in [-0.1, -0.05) is 17.2 Å². The second-order valence-corrected chi connectivity index (χ2v) is 7.79. The number of rotatable bonds is 4. The Balaban J connectivity index is 1.80. The normalized spacial score (nSPS) is 13.9. The van der Waals surface area contributed by atoms with Gasteiger partial charge in [0.15, 0.2) is 0 Å². The van der Waals surface area contributed by atoms with Crippen LogP contribution in [0.15, 0.2) is 53.4 Å². The maximum Gasteiger partial charge on any atom is 0.363 e. The molecule has 0 aliphatic carbocycles. The van der Waals surface area contributed by atoms with Gasteiger partial charge >= 0.3 is 5.97 Å². The highest BCUT2D eigenvalue weighted by Crippen LogP contribution is 2.23. The highest BCUT2D eigenvalue weighted by Gasteiger charge is 2.38. The Morgan fingerprint density at radius 1 is 0.923 bits per heavy atom. The number of carbonyl (C=O) groups excluding carboxylic acids is 3. The smallest absolute Gasteiger partial charge is 0.324 e. The van der Waals surface area contributed by atoms with Crippen LogP contribution >= 0.6 is 0 Å². The van der Waals surface area contributed by atoms with Crippen molar-refractivity contribution in [3.05, 3.63) is 65.2 Å². The van der Waals surface area contributed by atoms with Crippen molar-refractivity contribution < 1.29 is 27.6 Å². The average Bonchev–Trinajstić information content (AvgIpc) is 2.87. The van der Waals surface area contributed by atoms with E-state index in [2.05, 4.69) is 0 Å². The maximum absolute atomic E-state index is 12.2. The van der Waals surface area contributed by atoms with E-state index in [-0.39, 0.29) is 21.6 Å². The summed E-state index contributed by atoms with van der Waals surface area (Å²) in [6, 6.07) is 11.1. The monoisotopic (exact) mass is 374 g/mol. The Hall–Kier alpha value is -3.04. The van der Waals surface area contributed by atoms with Crippen molar-refractivity contribution in [2.45, 2.75) is 4.90 Å². The van der Waals surface area contributed by atoms with Crippen molar-refractivity contribution in [1.29, 1.82) is 0 Å². The van der Waals surface area contributed by atoms with Crippen molar-refractivity contribution >= 4 is 27.8 Å². The Labute approximate surface area is 149 Å². The second kappa shape index (κ2) is 6.36. The predicted octanol–water partition coefficient (Wildman–Crippen LogP) is 1.30. The third kappa shape index (κ3) is 2.87. The summed E-state index contributed by atoms with van der Waals surface area (Å²) in [5.74, 6) is -2.41. The van der Waals surface area contributed by atoms with E-state index in [9.17, 15) is 22.8 Å². The quantitative estimate of drug-likeness (QED) is 0.748. The fraction of sp³-hybridized carbons (Fsp3) is 0.118. The van der Waals surface area contributed by atoms with Gasteiger partial charge in [-0.2, -0.15) is 0 Å². The Bertz CT molecular complexity index is 977. The van der Waals surface area contributed by atoms with Crippen molar-refractivity contribution in [3.63, 3.8) is 0 Å². The molecule has 0 spiro atoms. The molecule has 2 aromatic rings. The molecule has 8 nitrogen and oxygen atoms in total. The van der Waals surface area contributed by atoms with Crippen LogP contribution in [0, 0.1) is 0 Å². The first kappa shape index (κ1) is 17.8. The molecule has 0 radical (unpaired) electrons. The van der Waals surface area contributed by atoms with E-state index >= 15 is 0 Å². The van der Waals surface area contributed by atoms with Crippen molar-refractivity contribution in [1.82, 2.24) is 9.37 Å². The van der Waals surface area contributed by atoms with Crippen LogP contribution in [0.2, 0.25) is 0 Å². The number of imide groups is 1. The van der Waals surface area contributed by atoms with Crippen LogP contribution in [0.1, 0.15) is 31.1 Å². The fourth-order valence-electron chi connectivity index (χ4n) is 2.36. The van der Waals surface area contributed by atoms with E-state index < -0.39 is 27.8 Å². The molecule has 134 valence electrons. The second-order valence-electron chi connectivity index (χ2n) is 5.64. The molecule has 0 unspecified atom stereocenters. The summed E-state index contributed by atoms with van der Waals surface area (Å²) in [6.07, 6.45) is 0. The standard InChI is InChI=1S/C17H14N2O6S/c1-18(2)26(23,24)12-9-7-11(8-10-12)17(22)25-19-15(20)13-5-3-4-6-14(13)16(19)21/h3-10H,1-2H3. The van der Waals surface area contributed by atoms with Gasteiger partial charge in [0.25, 0.3) is 11.8 Å². The number of amides is 2. The number of hydrogen-bond acceptors (Lipinski definition) is 6. The van der Waals surface area contributed by atoms with Gasteiger partial charge in [-0.15, -0.1) is 0 Å². The first-order valence-corrected chi connectivity index (χ1v) is 8.90. The number of sulfonamides is 1. The molecule has 1 heterocycles. The Morgan fingerprint density at radius 3 is 1.88 bits per heavy atom. The first-order chi connectivity index (χ1) is 12.2. The molecule has 26 heavy (non-hydrogen) atoms. The molecule has 1 aliphatic rings. The van der Waals surface area contributed by atoms with Crippen LogP contribution in [0.5, 0.6) is 0 Å². The van der Waals surface area contributed by atoms with Gasteiger partial charge in [0.1, 0.15) is 0 Å². The van der Waals surface area contributed by atoms with Crippen LogP contribution in [-0.4, -0.2) is 49.7 Å². The third-order valence-electron chi connectivity index (χ3n) is 3.80. The zero-order valence-corrected chi connectivity index (χ0v) is 14.7. The lowest BCUT2D eigenvalue weighted by molar-refractivity contribution is -0.0584. The predicted molar refractivity (Wildman–Crippen MR) is 89.7 cm³/mol. The molecule has 0 fully saturated rings. The summed E-state index contributed by atoms with van der Waals surface area (Å²) >= 11 is 0. The molecule has 2 aromatic carbocycles. The lowest BCUT2D eigenvalue weighted by atomic mass is 10.1. The third-order valence-corrected chi connectivity index (χ3v) is 5.63. The number of hydroxylamine groups is 2. The fourth-order valence-corrected chi connectivity index (χ4v) is 3.26. The van der Waals surface area contributed by atoms with Crippen LogP contribution in [0.25, 0.3) is 0 Å². The molecule has 0 saturated heterocycles. The number of hydrogen-bond donors (Lipinski definition) is 0. The number of carbonyl (C=O) groups is 3. The molecule has 9 heteroatoms. The van der Waals surface area contributed by atoms with E-state index in [1.165, 1.54) is 50.5 Å². The lowest BCUT2D eigenvalue weighted by Gasteiger charge is -2.13. The maximum atomic E-state index is 12.2. The van der Waals surface area contributed by atoms with E-state index in [0.29, 0.717) is 5.06 Å². The largest absolute Gasteiger partial charge is 0.363 e. The van der Waals surface area contributed by atoms with Gasteiger partial charge in [0, 0.05) is 14.1 Å². The summed E-state index contributed by atoms with van der Waals surface area (Å²) < 4.78 is 25.1. The molecule has 1 aliphatic heterocycles. The van der Waals surface area contributed by atoms with E-state index in [1.54, 1.807) is 12.1 Å². The molecule has 0 aromatic heterocycles. The molecule has 0 N–H and O–H groups in total. The van der Waals surface area contributed by atoms with Gasteiger partial charge in [0.2, 0.25) is 10.0 Å². The van der Waals surface area contributed by atoms with E-state index in [4.69, 9.17) is 4.84 Å². The van der Waals surface area contributed by atoms with Crippen LogP contribution in [0.4, 0.5) is 0 Å². The molecular weight excluding hydrogens is 360 g/mol. The van der Waals surface area contributed by atoms with Crippen LogP contribution in [-0.2, 0) is 14.9 Å². The molecule has 3 rings (SSSR count). The zero-order chi connectivity index (χ0) is 19.1. The summed E-state index contributed by atoms with van der Waals surface area (Å²) in [5, 5.41) is 0.400. The number of nitrogens with zero attached hydrogens (tertiary/aromatic N) is 2. The van der Waals surface area contributed by atoms with E-state index in [0.717, 1.165) is 4.31 Å².